The van der Waals surface area contributed by atoms with Gasteiger partial charge in [-0.25, -0.2) is 4.79 Å². The number of hydrogen-bond donors (Lipinski definition) is 2. The summed E-state index contributed by atoms with van der Waals surface area (Å²) in [6.45, 7) is 4.17. The van der Waals surface area contributed by atoms with Crippen molar-refractivity contribution in [1.29, 1.82) is 0 Å². The number of aromatic nitrogens is 4. The molecule has 0 saturated carbocycles. The maximum atomic E-state index is 14.2. The Kier molecular flexibility index (Phi) is 8.91. The highest BCUT2D eigenvalue weighted by atomic mass is 35.5. The Morgan fingerprint density at radius 2 is 2.02 bits per heavy atom. The van der Waals surface area contributed by atoms with Crippen LogP contribution in [0.3, 0.4) is 0 Å². The monoisotopic (exact) mass is 723 g/mol. The third-order valence-electron chi connectivity index (χ3n) is 10.3. The van der Waals surface area contributed by atoms with Crippen LogP contribution in [0.2, 0.25) is 5.02 Å². The molecular weight excluding hydrogens is 689 g/mol. The Morgan fingerprint density at radius 3 is 2.76 bits per heavy atom. The predicted molar refractivity (Wildman–Crippen MR) is 171 cm³/mol. The number of fused-ring (bicyclic) bond motifs is 3. The van der Waals surface area contributed by atoms with Crippen LogP contribution in [0, 0.1) is 12.8 Å². The Bertz CT molecular complexity index is 1870. The van der Waals surface area contributed by atoms with Crippen LogP contribution in [0.4, 0.5) is 33.5 Å². The van der Waals surface area contributed by atoms with Crippen LogP contribution in [-0.4, -0.2) is 67.5 Å². The maximum absolute atomic E-state index is 14.2. The van der Waals surface area contributed by atoms with Gasteiger partial charge in [-0.15, -0.1) is 0 Å². The number of anilines is 2. The van der Waals surface area contributed by atoms with Crippen molar-refractivity contribution in [3.05, 3.63) is 68.6 Å². The summed E-state index contributed by atoms with van der Waals surface area (Å²) in [7, 11) is 0. The zero-order valence-electron chi connectivity index (χ0n) is 27.1. The van der Waals surface area contributed by atoms with E-state index in [1.807, 2.05) is 4.90 Å². The summed E-state index contributed by atoms with van der Waals surface area (Å²) in [5, 5.41) is 13.4. The summed E-state index contributed by atoms with van der Waals surface area (Å²) in [4.78, 5) is 25.5. The molecule has 11 nitrogen and oxygen atoms in total. The topological polar surface area (TPSA) is 132 Å². The van der Waals surface area contributed by atoms with Gasteiger partial charge in [-0.3, -0.25) is 9.58 Å². The smallest absolute Gasteiger partial charge is 0.418 e. The molecule has 50 heavy (non-hydrogen) atoms. The molecule has 6 heterocycles. The quantitative estimate of drug-likeness (QED) is 0.216. The van der Waals surface area contributed by atoms with Crippen LogP contribution in [-0.2, 0) is 37.0 Å². The lowest BCUT2D eigenvalue weighted by molar-refractivity contribution is -0.139. The van der Waals surface area contributed by atoms with E-state index in [-0.39, 0.29) is 55.1 Å². The second-order valence-corrected chi connectivity index (χ2v) is 13.8. The molecule has 2 aromatic heterocycles. The molecule has 1 unspecified atom stereocenters. The number of alkyl halides is 3. The number of hydrogen-bond acceptors (Lipinski definition) is 9. The van der Waals surface area contributed by atoms with E-state index in [9.17, 15) is 31.9 Å². The molecule has 4 aliphatic heterocycles. The zero-order chi connectivity index (χ0) is 35.5. The first kappa shape index (κ1) is 34.4. The van der Waals surface area contributed by atoms with Crippen molar-refractivity contribution in [2.24, 2.45) is 5.92 Å². The SMILES string of the molecule is Cc1c(C(=O)O)nn2c1CN(c1nc(OC[C@]34CCCN3C[C@@H](C=C(F)F)C4)nc3c1COC(c1cc(N)cc(Cl)c1C(F)(F)F)C3)CCC2. The molecule has 1 aromatic carbocycles. The van der Waals surface area contributed by atoms with Crippen LogP contribution < -0.4 is 15.4 Å². The number of rotatable bonds is 7. The minimum absolute atomic E-state index is 0.00126. The third-order valence-corrected chi connectivity index (χ3v) is 10.6. The van der Waals surface area contributed by atoms with Crippen molar-refractivity contribution in [3.63, 3.8) is 0 Å². The highest BCUT2D eigenvalue weighted by molar-refractivity contribution is 6.31. The Labute approximate surface area is 288 Å². The molecule has 0 aliphatic carbocycles. The first-order valence-corrected chi connectivity index (χ1v) is 16.7. The number of benzene rings is 1. The van der Waals surface area contributed by atoms with Crippen molar-refractivity contribution >= 4 is 29.1 Å². The molecular formula is C33H35ClF5N7O4. The summed E-state index contributed by atoms with van der Waals surface area (Å²) in [5.41, 5.74) is 6.40. The number of carboxylic acids is 1. The number of aromatic carboxylic acids is 1. The van der Waals surface area contributed by atoms with E-state index in [0.717, 1.165) is 31.5 Å². The molecule has 0 radical (unpaired) electrons. The van der Waals surface area contributed by atoms with Crippen LogP contribution in [0.5, 0.6) is 6.01 Å². The van der Waals surface area contributed by atoms with Gasteiger partial charge >= 0.3 is 18.2 Å². The van der Waals surface area contributed by atoms with Gasteiger partial charge in [0.15, 0.2) is 5.69 Å². The summed E-state index contributed by atoms with van der Waals surface area (Å²) in [6.07, 6.45) is -3.95. The van der Waals surface area contributed by atoms with Crippen molar-refractivity contribution in [3.8, 4) is 6.01 Å². The standard InChI is InChI=1S/C33H35ClF5N7O4/c1-17-24-14-44(5-3-7-46(24)43-28(17)30(47)48)29-21-15-49-25(20-9-19(40)10-22(34)27(20)33(37,38)39)11-23(21)41-31(42-29)50-16-32-4-2-6-45(32)13-18(12-32)8-26(35)36/h8-10,18,25H,2-7,11-16,40H2,1H3,(H,47,48)/t18-,25?,32+/m0/s1. The van der Waals surface area contributed by atoms with Gasteiger partial charge in [0.25, 0.3) is 6.08 Å². The lowest BCUT2D eigenvalue weighted by Crippen LogP contribution is -2.43. The number of nitrogen functional groups attached to an aromatic ring is 1. The van der Waals surface area contributed by atoms with Gasteiger partial charge < -0.3 is 25.2 Å². The lowest BCUT2D eigenvalue weighted by Gasteiger charge is -2.33. The number of aryl methyl sites for hydroxylation is 1. The van der Waals surface area contributed by atoms with Crippen molar-refractivity contribution in [1.82, 2.24) is 24.6 Å². The fourth-order valence-corrected chi connectivity index (χ4v) is 8.38. The normalized spacial score (nSPS) is 23.6. The van der Waals surface area contributed by atoms with Gasteiger partial charge in [0.05, 0.1) is 46.8 Å². The minimum Gasteiger partial charge on any atom is -0.476 e. The fourth-order valence-electron chi connectivity index (χ4n) is 8.04. The summed E-state index contributed by atoms with van der Waals surface area (Å²) >= 11 is 6.07. The van der Waals surface area contributed by atoms with Crippen LogP contribution >= 0.6 is 11.6 Å². The zero-order valence-corrected chi connectivity index (χ0v) is 27.8. The van der Waals surface area contributed by atoms with E-state index >= 15 is 0 Å². The number of nitrogens with two attached hydrogens (primary N) is 1. The van der Waals surface area contributed by atoms with E-state index in [1.165, 1.54) is 6.07 Å². The highest BCUT2D eigenvalue weighted by Crippen LogP contribution is 2.46. The van der Waals surface area contributed by atoms with Gasteiger partial charge in [0.1, 0.15) is 12.4 Å². The summed E-state index contributed by atoms with van der Waals surface area (Å²) in [6, 6.07) is 2.26. The largest absolute Gasteiger partial charge is 0.476 e. The Morgan fingerprint density at radius 1 is 1.22 bits per heavy atom. The predicted octanol–water partition coefficient (Wildman–Crippen LogP) is 6.17. The first-order valence-electron chi connectivity index (χ1n) is 16.3. The Balaban J connectivity index is 1.26. The van der Waals surface area contributed by atoms with Crippen LogP contribution in [0.15, 0.2) is 24.3 Å². The van der Waals surface area contributed by atoms with E-state index in [2.05, 4.69) is 10.00 Å². The molecule has 0 amide bonds. The van der Waals surface area contributed by atoms with Gasteiger partial charge in [-0.2, -0.15) is 37.0 Å². The second-order valence-electron chi connectivity index (χ2n) is 13.4. The number of carboxylic acid groups (broad SMARTS) is 1. The minimum atomic E-state index is -4.78. The van der Waals surface area contributed by atoms with Crippen LogP contribution in [0.25, 0.3) is 0 Å². The van der Waals surface area contributed by atoms with E-state index < -0.39 is 40.5 Å². The average molecular weight is 724 g/mol. The highest BCUT2D eigenvalue weighted by Gasteiger charge is 2.49. The first-order chi connectivity index (χ1) is 23.7. The lowest BCUT2D eigenvalue weighted by atomic mass is 9.91. The van der Waals surface area contributed by atoms with Gasteiger partial charge in [0, 0.05) is 42.9 Å². The molecule has 2 fully saturated rings. The number of carbonyl (C=O) groups is 1. The molecule has 17 heteroatoms. The van der Waals surface area contributed by atoms with E-state index in [1.54, 1.807) is 11.6 Å². The van der Waals surface area contributed by atoms with Crippen molar-refractivity contribution < 1.29 is 41.3 Å². The molecule has 3 atom stereocenters. The van der Waals surface area contributed by atoms with E-state index in [0.29, 0.717) is 60.8 Å². The molecule has 0 spiro atoms. The molecule has 268 valence electrons. The van der Waals surface area contributed by atoms with Gasteiger partial charge in [-0.05, 0) is 68.8 Å². The molecule has 3 N–H and O–H groups in total. The molecule has 3 aromatic rings. The van der Waals surface area contributed by atoms with Gasteiger partial charge in [-0.1, -0.05) is 11.6 Å². The fraction of sp³-hybridized carbons (Fsp3) is 0.515. The summed E-state index contributed by atoms with van der Waals surface area (Å²) in [5.74, 6) is -1.01. The number of nitrogens with zero attached hydrogens (tertiary/aromatic N) is 6. The molecule has 2 saturated heterocycles. The number of ether oxygens (including phenoxy) is 2. The Hall–Kier alpha value is -4.02. The maximum Gasteiger partial charge on any atom is 0.418 e. The van der Waals surface area contributed by atoms with Crippen LogP contribution in [0.1, 0.15) is 75.9 Å². The molecule has 4 aliphatic rings. The van der Waals surface area contributed by atoms with Crippen molar-refractivity contribution in [2.75, 3.05) is 36.9 Å². The number of halogens is 6. The summed E-state index contributed by atoms with van der Waals surface area (Å²) < 4.78 is 83.1. The van der Waals surface area contributed by atoms with Crippen molar-refractivity contribution in [2.45, 2.75) is 76.5 Å². The van der Waals surface area contributed by atoms with Gasteiger partial charge in [0.2, 0.25) is 0 Å². The molecule has 0 bridgehead atoms. The second kappa shape index (κ2) is 12.9. The third kappa shape index (κ3) is 6.36. The van der Waals surface area contributed by atoms with E-state index in [4.69, 9.17) is 36.8 Å². The average Bonchev–Trinajstić information content (AvgIpc) is 3.61. The molecule has 7 rings (SSSR count).